The molecule has 2 aliphatic rings. The number of nitrogens with zero attached hydrogens (tertiary/aromatic N) is 3. The first-order chi connectivity index (χ1) is 12.7. The highest BCUT2D eigenvalue weighted by Crippen LogP contribution is 2.28. The molecular weight excluding hydrogens is 326 g/mol. The fraction of sp³-hybridized carbons (Fsp3) is 0.600. The van der Waals surface area contributed by atoms with Crippen LogP contribution in [0.2, 0.25) is 0 Å². The molecule has 2 fully saturated rings. The van der Waals surface area contributed by atoms with Crippen molar-refractivity contribution in [1.29, 1.82) is 0 Å². The minimum absolute atomic E-state index is 0.0234. The topological polar surface area (TPSA) is 64.3 Å². The van der Waals surface area contributed by atoms with Crippen molar-refractivity contribution >= 4 is 17.1 Å². The molecule has 2 aromatic rings. The van der Waals surface area contributed by atoms with Crippen molar-refractivity contribution in [2.75, 3.05) is 26.7 Å². The zero-order valence-electron chi connectivity index (χ0n) is 15.6. The zero-order valence-corrected chi connectivity index (χ0v) is 15.6. The molecule has 140 valence electrons. The van der Waals surface area contributed by atoms with Gasteiger partial charge in [0.25, 0.3) is 0 Å². The van der Waals surface area contributed by atoms with Crippen LogP contribution in [0, 0.1) is 5.92 Å². The Labute approximate surface area is 155 Å². The van der Waals surface area contributed by atoms with Gasteiger partial charge in [0.2, 0.25) is 0 Å². The molecular formula is C20H29N5O. The number of carbonyl (C=O) groups is 1. The average Bonchev–Trinajstić information content (AvgIpc) is 3.38. The number of nitrogens with one attached hydrogen (secondary N) is 2. The van der Waals surface area contributed by atoms with Crippen LogP contribution in [0.5, 0.6) is 0 Å². The van der Waals surface area contributed by atoms with E-state index in [1.165, 1.54) is 38.6 Å². The third-order valence-corrected chi connectivity index (χ3v) is 5.87. The van der Waals surface area contributed by atoms with Gasteiger partial charge in [0.1, 0.15) is 5.82 Å². The lowest BCUT2D eigenvalue weighted by Crippen LogP contribution is -2.40. The molecule has 2 heterocycles. The van der Waals surface area contributed by atoms with E-state index >= 15 is 0 Å². The van der Waals surface area contributed by atoms with Crippen molar-refractivity contribution < 1.29 is 4.79 Å². The molecule has 26 heavy (non-hydrogen) atoms. The Morgan fingerprint density at radius 3 is 2.92 bits per heavy atom. The number of H-pyrrole nitrogens is 1. The van der Waals surface area contributed by atoms with Gasteiger partial charge in [-0.2, -0.15) is 0 Å². The minimum Gasteiger partial charge on any atom is -0.340 e. The predicted octanol–water partition coefficient (Wildman–Crippen LogP) is 2.97. The van der Waals surface area contributed by atoms with Gasteiger partial charge in [0.15, 0.2) is 0 Å². The van der Waals surface area contributed by atoms with Gasteiger partial charge in [-0.1, -0.05) is 25.0 Å². The predicted molar refractivity (Wildman–Crippen MR) is 103 cm³/mol. The van der Waals surface area contributed by atoms with Crippen molar-refractivity contribution in [2.24, 2.45) is 5.92 Å². The Morgan fingerprint density at radius 2 is 2.12 bits per heavy atom. The van der Waals surface area contributed by atoms with Gasteiger partial charge in [-0.3, -0.25) is 0 Å². The average molecular weight is 355 g/mol. The molecule has 0 unspecified atom stereocenters. The van der Waals surface area contributed by atoms with E-state index in [-0.39, 0.29) is 6.03 Å². The van der Waals surface area contributed by atoms with E-state index in [2.05, 4.69) is 20.2 Å². The van der Waals surface area contributed by atoms with Gasteiger partial charge in [-0.15, -0.1) is 0 Å². The van der Waals surface area contributed by atoms with E-state index in [1.807, 2.05) is 31.3 Å². The summed E-state index contributed by atoms with van der Waals surface area (Å²) in [6.07, 6.45) is 6.69. The summed E-state index contributed by atoms with van der Waals surface area (Å²) >= 11 is 0. The number of likely N-dealkylation sites (tertiary alicyclic amines) is 1. The van der Waals surface area contributed by atoms with Crippen LogP contribution >= 0.6 is 0 Å². The van der Waals surface area contributed by atoms with E-state index < -0.39 is 0 Å². The van der Waals surface area contributed by atoms with E-state index in [9.17, 15) is 4.79 Å². The summed E-state index contributed by atoms with van der Waals surface area (Å²) in [5.74, 6) is 1.40. The van der Waals surface area contributed by atoms with Crippen molar-refractivity contribution in [3.63, 3.8) is 0 Å². The van der Waals surface area contributed by atoms with Crippen molar-refractivity contribution in [2.45, 2.75) is 44.7 Å². The Balaban J connectivity index is 1.24. The summed E-state index contributed by atoms with van der Waals surface area (Å²) in [7, 11) is 1.82. The largest absolute Gasteiger partial charge is 0.340 e. The number of hydrogen-bond acceptors (Lipinski definition) is 3. The first-order valence-electron chi connectivity index (χ1n) is 9.85. The number of aromatic amines is 1. The van der Waals surface area contributed by atoms with Crippen LogP contribution in [0.4, 0.5) is 4.79 Å². The number of hydrogen-bond donors (Lipinski definition) is 2. The number of aromatic nitrogens is 2. The molecule has 1 aliphatic heterocycles. The summed E-state index contributed by atoms with van der Waals surface area (Å²) < 4.78 is 0. The number of urea groups is 1. The van der Waals surface area contributed by atoms with Crippen LogP contribution in [0.25, 0.3) is 11.0 Å². The molecule has 1 atom stereocenters. The van der Waals surface area contributed by atoms with Crippen LogP contribution in [0.15, 0.2) is 24.3 Å². The van der Waals surface area contributed by atoms with Crippen LogP contribution in [-0.4, -0.2) is 58.5 Å². The number of carbonyl (C=O) groups excluding carboxylic acids is 1. The van der Waals surface area contributed by atoms with Crippen molar-refractivity contribution in [1.82, 2.24) is 25.1 Å². The lowest BCUT2D eigenvalue weighted by Gasteiger charge is -2.24. The zero-order chi connectivity index (χ0) is 17.9. The first kappa shape index (κ1) is 17.3. The lowest BCUT2D eigenvalue weighted by molar-refractivity contribution is 0.202. The first-order valence-corrected chi connectivity index (χ1v) is 9.85. The third kappa shape index (κ3) is 3.85. The van der Waals surface area contributed by atoms with Crippen molar-refractivity contribution in [3.05, 3.63) is 30.1 Å². The van der Waals surface area contributed by atoms with Gasteiger partial charge in [-0.25, -0.2) is 9.78 Å². The fourth-order valence-corrected chi connectivity index (χ4v) is 4.37. The maximum absolute atomic E-state index is 12.4. The fourth-order valence-electron chi connectivity index (χ4n) is 4.37. The number of para-hydroxylation sites is 2. The van der Waals surface area contributed by atoms with E-state index in [0.717, 1.165) is 36.0 Å². The highest BCUT2D eigenvalue weighted by atomic mass is 16.2. The quantitative estimate of drug-likeness (QED) is 0.867. The second-order valence-electron chi connectivity index (χ2n) is 7.83. The van der Waals surface area contributed by atoms with E-state index in [1.54, 1.807) is 4.90 Å². The normalized spacial score (nSPS) is 21.5. The molecule has 1 aromatic carbocycles. The van der Waals surface area contributed by atoms with Gasteiger partial charge in [0.05, 0.1) is 17.6 Å². The van der Waals surface area contributed by atoms with Crippen LogP contribution in [0.1, 0.15) is 37.9 Å². The van der Waals surface area contributed by atoms with E-state index in [0.29, 0.717) is 12.5 Å². The molecule has 1 aliphatic carbocycles. The van der Waals surface area contributed by atoms with Crippen LogP contribution in [0.3, 0.4) is 0 Å². The maximum Gasteiger partial charge on any atom is 0.317 e. The molecule has 0 bridgehead atoms. The lowest BCUT2D eigenvalue weighted by atomic mass is 10.1. The summed E-state index contributed by atoms with van der Waals surface area (Å²) in [6.45, 7) is 3.59. The standard InChI is InChI=1S/C20H29N5O/c1-24(14-19-22-17-8-4-5-9-18(17)23-19)20(26)21-12-15-10-11-25(13-15)16-6-2-3-7-16/h4-5,8-9,15-16H,2-3,6-7,10-14H2,1H3,(H,21,26)(H,22,23)/t15-/m0/s1. The molecule has 4 rings (SSSR count). The Hall–Kier alpha value is -2.08. The second-order valence-corrected chi connectivity index (χ2v) is 7.83. The van der Waals surface area contributed by atoms with Crippen LogP contribution < -0.4 is 5.32 Å². The monoisotopic (exact) mass is 355 g/mol. The molecule has 1 saturated carbocycles. The molecule has 6 heteroatoms. The number of imidazole rings is 1. The molecule has 1 aromatic heterocycles. The molecule has 6 nitrogen and oxygen atoms in total. The smallest absolute Gasteiger partial charge is 0.317 e. The van der Waals surface area contributed by atoms with Gasteiger partial charge < -0.3 is 20.1 Å². The van der Waals surface area contributed by atoms with Crippen LogP contribution in [-0.2, 0) is 6.54 Å². The van der Waals surface area contributed by atoms with E-state index in [4.69, 9.17) is 0 Å². The highest BCUT2D eigenvalue weighted by molar-refractivity contribution is 5.75. The Kier molecular flexibility index (Phi) is 5.11. The summed E-state index contributed by atoms with van der Waals surface area (Å²) in [5, 5.41) is 3.11. The molecule has 1 saturated heterocycles. The number of rotatable bonds is 5. The summed E-state index contributed by atoms with van der Waals surface area (Å²) in [6, 6.07) is 8.71. The summed E-state index contributed by atoms with van der Waals surface area (Å²) in [4.78, 5) is 24.6. The minimum atomic E-state index is -0.0234. The third-order valence-electron chi connectivity index (χ3n) is 5.87. The maximum atomic E-state index is 12.4. The molecule has 2 N–H and O–H groups in total. The number of fused-ring (bicyclic) bond motifs is 1. The number of benzene rings is 1. The molecule has 0 spiro atoms. The molecule has 2 amide bonds. The Bertz CT molecular complexity index is 718. The summed E-state index contributed by atoms with van der Waals surface area (Å²) in [5.41, 5.74) is 1.95. The number of amides is 2. The highest BCUT2D eigenvalue weighted by Gasteiger charge is 2.30. The van der Waals surface area contributed by atoms with Gasteiger partial charge in [0, 0.05) is 26.2 Å². The molecule has 0 radical (unpaired) electrons. The van der Waals surface area contributed by atoms with Gasteiger partial charge in [-0.05, 0) is 43.9 Å². The second kappa shape index (κ2) is 7.66. The SMILES string of the molecule is CN(Cc1nc2ccccc2[nH]1)C(=O)NC[C@@H]1CCN(C2CCCC2)C1. The van der Waals surface area contributed by atoms with Crippen molar-refractivity contribution in [3.8, 4) is 0 Å². The van der Waals surface area contributed by atoms with Gasteiger partial charge >= 0.3 is 6.03 Å². The Morgan fingerprint density at radius 1 is 1.31 bits per heavy atom.